The van der Waals surface area contributed by atoms with Gasteiger partial charge in [0, 0.05) is 6.42 Å². The minimum Gasteiger partial charge on any atom is -0.479 e. The number of aliphatic hydroxyl groups excluding tert-OH is 1. The lowest BCUT2D eigenvalue weighted by Gasteiger charge is -1.98. The first-order chi connectivity index (χ1) is 5.20. The summed E-state index contributed by atoms with van der Waals surface area (Å²) in [5.74, 6) is -1.12. The maximum Gasteiger partial charge on any atom is 0.332 e. The monoisotopic (exact) mass is 158 g/mol. The van der Waals surface area contributed by atoms with E-state index in [9.17, 15) is 4.79 Å². The molecule has 0 amide bonds. The molecular formula is C4H6N4O3. The van der Waals surface area contributed by atoms with Crippen LogP contribution < -0.4 is 0 Å². The van der Waals surface area contributed by atoms with Gasteiger partial charge in [0.05, 0.1) is 0 Å². The lowest BCUT2D eigenvalue weighted by Crippen LogP contribution is -2.22. The molecule has 60 valence electrons. The molecule has 1 aromatic rings. The fourth-order valence-corrected chi connectivity index (χ4v) is 0.529. The standard InChI is InChI=1S/C4H6N4O3/c9-2(4(10)11)1-3-5-7-8-6-3/h2,9H,1H2,(H,10,11)(H,5,6,7,8). The number of aromatic amines is 1. The highest BCUT2D eigenvalue weighted by Crippen LogP contribution is 1.92. The number of hydrogen-bond donors (Lipinski definition) is 3. The molecule has 1 rings (SSSR count). The van der Waals surface area contributed by atoms with Crippen molar-refractivity contribution in [3.8, 4) is 0 Å². The molecule has 0 bridgehead atoms. The van der Waals surface area contributed by atoms with Crippen LogP contribution in [0.15, 0.2) is 0 Å². The summed E-state index contributed by atoms with van der Waals surface area (Å²) in [6.07, 6.45) is -1.60. The number of carboxylic acid groups (broad SMARTS) is 1. The number of aliphatic carboxylic acids is 1. The molecule has 7 nitrogen and oxygen atoms in total. The second-order valence-corrected chi connectivity index (χ2v) is 1.89. The lowest BCUT2D eigenvalue weighted by molar-refractivity contribution is -0.146. The molecule has 0 saturated heterocycles. The zero-order valence-corrected chi connectivity index (χ0v) is 5.43. The topological polar surface area (TPSA) is 112 Å². The van der Waals surface area contributed by atoms with Crippen molar-refractivity contribution in [3.63, 3.8) is 0 Å². The molecule has 0 spiro atoms. The second kappa shape index (κ2) is 3.06. The van der Waals surface area contributed by atoms with Crippen molar-refractivity contribution in [1.29, 1.82) is 0 Å². The molecule has 7 heteroatoms. The van der Waals surface area contributed by atoms with Crippen LogP contribution in [0, 0.1) is 0 Å². The van der Waals surface area contributed by atoms with Gasteiger partial charge < -0.3 is 10.2 Å². The second-order valence-electron chi connectivity index (χ2n) is 1.89. The van der Waals surface area contributed by atoms with Gasteiger partial charge in [0.1, 0.15) is 0 Å². The Bertz CT molecular complexity index is 233. The minimum atomic E-state index is -1.47. The summed E-state index contributed by atoms with van der Waals surface area (Å²) >= 11 is 0. The van der Waals surface area contributed by atoms with Gasteiger partial charge in [-0.1, -0.05) is 5.21 Å². The summed E-state index contributed by atoms with van der Waals surface area (Å²) in [6, 6.07) is 0. The number of aliphatic hydroxyl groups is 1. The van der Waals surface area contributed by atoms with Crippen LogP contribution in [0.1, 0.15) is 5.82 Å². The Hall–Kier alpha value is -1.50. The van der Waals surface area contributed by atoms with Crippen LogP contribution in [0.4, 0.5) is 0 Å². The number of carboxylic acids is 1. The molecule has 0 saturated carbocycles. The van der Waals surface area contributed by atoms with Crippen LogP contribution in [0.25, 0.3) is 0 Å². The third-order valence-electron chi connectivity index (χ3n) is 1.05. The number of aromatic nitrogens is 4. The van der Waals surface area contributed by atoms with Crippen molar-refractivity contribution in [2.75, 3.05) is 0 Å². The Labute approximate surface area is 61.0 Å². The lowest BCUT2D eigenvalue weighted by atomic mass is 10.2. The normalized spacial score (nSPS) is 12.8. The van der Waals surface area contributed by atoms with Gasteiger partial charge in [0.15, 0.2) is 11.9 Å². The van der Waals surface area contributed by atoms with E-state index in [1.165, 1.54) is 0 Å². The smallest absolute Gasteiger partial charge is 0.332 e. The molecule has 0 aliphatic heterocycles. The highest BCUT2D eigenvalue weighted by Gasteiger charge is 2.15. The molecular weight excluding hydrogens is 152 g/mol. The van der Waals surface area contributed by atoms with Crippen molar-refractivity contribution >= 4 is 5.97 Å². The highest BCUT2D eigenvalue weighted by molar-refractivity contribution is 5.72. The van der Waals surface area contributed by atoms with E-state index >= 15 is 0 Å². The van der Waals surface area contributed by atoms with E-state index in [1.54, 1.807) is 0 Å². The van der Waals surface area contributed by atoms with E-state index in [-0.39, 0.29) is 12.2 Å². The fraction of sp³-hybridized carbons (Fsp3) is 0.500. The molecule has 1 aromatic heterocycles. The number of carbonyl (C=O) groups is 1. The first-order valence-electron chi connectivity index (χ1n) is 2.83. The van der Waals surface area contributed by atoms with Gasteiger partial charge in [-0.05, 0) is 0 Å². The van der Waals surface area contributed by atoms with Gasteiger partial charge in [-0.3, -0.25) is 0 Å². The SMILES string of the molecule is O=C(O)C(O)Cc1nn[nH]n1. The van der Waals surface area contributed by atoms with E-state index in [0.717, 1.165) is 0 Å². The van der Waals surface area contributed by atoms with Crippen molar-refractivity contribution in [2.45, 2.75) is 12.5 Å². The number of H-pyrrole nitrogens is 1. The highest BCUT2D eigenvalue weighted by atomic mass is 16.4. The molecule has 0 radical (unpaired) electrons. The Morgan fingerprint density at radius 1 is 1.73 bits per heavy atom. The summed E-state index contributed by atoms with van der Waals surface area (Å²) < 4.78 is 0. The molecule has 1 atom stereocenters. The number of tetrazole rings is 1. The molecule has 1 heterocycles. The van der Waals surface area contributed by atoms with Crippen LogP contribution in [0.2, 0.25) is 0 Å². The van der Waals surface area contributed by atoms with E-state index in [4.69, 9.17) is 10.2 Å². The Morgan fingerprint density at radius 3 is 2.91 bits per heavy atom. The van der Waals surface area contributed by atoms with Crippen LogP contribution in [0.3, 0.4) is 0 Å². The van der Waals surface area contributed by atoms with Crippen molar-refractivity contribution in [1.82, 2.24) is 20.6 Å². The molecule has 3 N–H and O–H groups in total. The van der Waals surface area contributed by atoms with Crippen molar-refractivity contribution in [3.05, 3.63) is 5.82 Å². The third-order valence-corrected chi connectivity index (χ3v) is 1.05. The van der Waals surface area contributed by atoms with Gasteiger partial charge in [-0.25, -0.2) is 4.79 Å². The van der Waals surface area contributed by atoms with Gasteiger partial charge in [-0.2, -0.15) is 5.21 Å². The fourth-order valence-electron chi connectivity index (χ4n) is 0.529. The molecule has 1 unspecified atom stereocenters. The zero-order chi connectivity index (χ0) is 8.27. The van der Waals surface area contributed by atoms with Crippen LogP contribution in [-0.2, 0) is 11.2 Å². The summed E-state index contributed by atoms with van der Waals surface area (Å²) in [6.45, 7) is 0. The zero-order valence-electron chi connectivity index (χ0n) is 5.43. The van der Waals surface area contributed by atoms with E-state index in [0.29, 0.717) is 0 Å². The van der Waals surface area contributed by atoms with Crippen molar-refractivity contribution in [2.24, 2.45) is 0 Å². The Kier molecular flexibility index (Phi) is 2.12. The molecule has 0 fully saturated rings. The summed E-state index contributed by atoms with van der Waals surface area (Å²) in [4.78, 5) is 10.1. The summed E-state index contributed by atoms with van der Waals surface area (Å²) in [7, 11) is 0. The van der Waals surface area contributed by atoms with Crippen LogP contribution in [0.5, 0.6) is 0 Å². The molecule has 11 heavy (non-hydrogen) atoms. The van der Waals surface area contributed by atoms with Gasteiger partial charge in [0.25, 0.3) is 0 Å². The van der Waals surface area contributed by atoms with E-state index < -0.39 is 12.1 Å². The van der Waals surface area contributed by atoms with Gasteiger partial charge >= 0.3 is 5.97 Å². The number of nitrogens with one attached hydrogen (secondary N) is 1. The minimum absolute atomic E-state index is 0.133. The first-order valence-corrected chi connectivity index (χ1v) is 2.83. The van der Waals surface area contributed by atoms with Crippen LogP contribution in [-0.4, -0.2) is 42.9 Å². The predicted octanol–water partition coefficient (Wildman–Crippen LogP) is -1.81. The number of rotatable bonds is 3. The average molecular weight is 158 g/mol. The van der Waals surface area contributed by atoms with E-state index in [1.807, 2.05) is 0 Å². The van der Waals surface area contributed by atoms with Crippen molar-refractivity contribution < 1.29 is 15.0 Å². The Balaban J connectivity index is 2.50. The molecule has 0 aliphatic carbocycles. The van der Waals surface area contributed by atoms with Gasteiger partial charge in [-0.15, -0.1) is 10.2 Å². The Morgan fingerprint density at radius 2 is 2.45 bits per heavy atom. The number of hydrogen-bond acceptors (Lipinski definition) is 5. The van der Waals surface area contributed by atoms with Gasteiger partial charge in [0.2, 0.25) is 0 Å². The maximum atomic E-state index is 10.1. The number of nitrogens with zero attached hydrogens (tertiary/aromatic N) is 3. The largest absolute Gasteiger partial charge is 0.479 e. The van der Waals surface area contributed by atoms with Crippen LogP contribution >= 0.6 is 0 Å². The summed E-state index contributed by atoms with van der Waals surface area (Å²) in [5.41, 5.74) is 0. The average Bonchev–Trinajstić information content (AvgIpc) is 2.39. The molecule has 0 aromatic carbocycles. The molecule has 0 aliphatic rings. The maximum absolute atomic E-state index is 10.1. The summed E-state index contributed by atoms with van der Waals surface area (Å²) in [5, 5.41) is 29.3. The van der Waals surface area contributed by atoms with E-state index in [2.05, 4.69) is 20.6 Å². The third kappa shape index (κ3) is 1.97. The first kappa shape index (κ1) is 7.61. The predicted molar refractivity (Wildman–Crippen MR) is 31.5 cm³/mol. The quantitative estimate of drug-likeness (QED) is 0.477.